The summed E-state index contributed by atoms with van der Waals surface area (Å²) in [7, 11) is 0. The average Bonchev–Trinajstić information content (AvgIpc) is 2.84. The second kappa shape index (κ2) is 5.72. The molecule has 0 bridgehead atoms. The van der Waals surface area contributed by atoms with E-state index >= 15 is 0 Å². The second-order valence-corrected chi connectivity index (χ2v) is 5.75. The van der Waals surface area contributed by atoms with E-state index in [0.29, 0.717) is 0 Å². The number of hydrogen-bond donors (Lipinski definition) is 0. The van der Waals surface area contributed by atoms with Crippen LogP contribution in [0.4, 0.5) is 0 Å². The van der Waals surface area contributed by atoms with Gasteiger partial charge in [-0.25, -0.2) is 0 Å². The van der Waals surface area contributed by atoms with Crippen molar-refractivity contribution in [1.82, 2.24) is 4.57 Å². The van der Waals surface area contributed by atoms with Crippen molar-refractivity contribution < 1.29 is 4.74 Å². The van der Waals surface area contributed by atoms with Crippen LogP contribution in [0.1, 0.15) is 22.5 Å². The summed E-state index contributed by atoms with van der Waals surface area (Å²) in [5.41, 5.74) is 6.06. The highest BCUT2D eigenvalue weighted by Crippen LogP contribution is 2.28. The monoisotopic (exact) mass is 291 g/mol. The molecule has 1 aromatic heterocycles. The number of nitrogens with zero attached hydrogens (tertiary/aromatic N) is 1. The van der Waals surface area contributed by atoms with E-state index in [1.807, 2.05) is 24.3 Å². The molecule has 0 amide bonds. The summed E-state index contributed by atoms with van der Waals surface area (Å²) >= 11 is 0. The van der Waals surface area contributed by atoms with Crippen molar-refractivity contribution in [2.75, 3.05) is 0 Å². The lowest BCUT2D eigenvalue weighted by Gasteiger charge is -2.13. The van der Waals surface area contributed by atoms with Crippen LogP contribution in [0.3, 0.4) is 0 Å². The second-order valence-electron chi connectivity index (χ2n) is 5.75. The van der Waals surface area contributed by atoms with Gasteiger partial charge in [0.05, 0.1) is 0 Å². The molecule has 0 aliphatic rings. The Bertz CT molecular complexity index is 778. The summed E-state index contributed by atoms with van der Waals surface area (Å²) in [4.78, 5) is 0. The van der Waals surface area contributed by atoms with Crippen molar-refractivity contribution in [2.24, 2.45) is 0 Å². The molecule has 2 nitrogen and oxygen atoms in total. The van der Waals surface area contributed by atoms with Gasteiger partial charge in [0.15, 0.2) is 0 Å². The van der Waals surface area contributed by atoms with Crippen LogP contribution >= 0.6 is 0 Å². The summed E-state index contributed by atoms with van der Waals surface area (Å²) in [5, 5.41) is 0. The van der Waals surface area contributed by atoms with Crippen LogP contribution in [0, 0.1) is 27.7 Å². The van der Waals surface area contributed by atoms with Gasteiger partial charge in [-0.15, -0.1) is 0 Å². The van der Waals surface area contributed by atoms with Crippen LogP contribution in [0.2, 0.25) is 0 Å². The van der Waals surface area contributed by atoms with Crippen molar-refractivity contribution in [3.63, 3.8) is 0 Å². The third-order valence-corrected chi connectivity index (χ3v) is 4.15. The lowest BCUT2D eigenvalue weighted by atomic mass is 10.1. The molecule has 0 radical (unpaired) electrons. The standard InChI is InChI=1S/C20H21NO/c1-14-6-5-7-20(17(14)4)22-19-12-10-18(11-13-19)21-15(2)8-9-16(21)3/h5-13H,1-4H3. The Morgan fingerprint density at radius 2 is 1.36 bits per heavy atom. The molecule has 0 saturated heterocycles. The van der Waals surface area contributed by atoms with Crippen molar-refractivity contribution in [2.45, 2.75) is 27.7 Å². The molecule has 22 heavy (non-hydrogen) atoms. The number of aromatic nitrogens is 1. The largest absolute Gasteiger partial charge is 0.457 e. The first kappa shape index (κ1) is 14.5. The zero-order valence-corrected chi connectivity index (χ0v) is 13.6. The molecule has 0 unspecified atom stereocenters. The van der Waals surface area contributed by atoms with E-state index in [2.05, 4.69) is 62.6 Å². The summed E-state index contributed by atoms with van der Waals surface area (Å²) in [6, 6.07) is 18.6. The van der Waals surface area contributed by atoms with Gasteiger partial charge in [-0.1, -0.05) is 12.1 Å². The first-order chi connectivity index (χ1) is 10.6. The predicted molar refractivity (Wildman–Crippen MR) is 91.2 cm³/mol. The van der Waals surface area contributed by atoms with Gasteiger partial charge in [0, 0.05) is 17.1 Å². The fourth-order valence-electron chi connectivity index (χ4n) is 2.70. The van der Waals surface area contributed by atoms with Gasteiger partial charge in [-0.2, -0.15) is 0 Å². The maximum atomic E-state index is 6.01. The Kier molecular flexibility index (Phi) is 3.76. The van der Waals surface area contributed by atoms with E-state index in [0.717, 1.165) is 17.2 Å². The highest BCUT2D eigenvalue weighted by Gasteiger charge is 2.06. The van der Waals surface area contributed by atoms with Gasteiger partial charge < -0.3 is 9.30 Å². The van der Waals surface area contributed by atoms with E-state index in [9.17, 15) is 0 Å². The molecular formula is C20H21NO. The van der Waals surface area contributed by atoms with Crippen LogP contribution in [0.25, 0.3) is 5.69 Å². The molecule has 3 aromatic rings. The maximum absolute atomic E-state index is 6.01. The predicted octanol–water partition coefficient (Wildman–Crippen LogP) is 5.50. The first-order valence-corrected chi connectivity index (χ1v) is 7.56. The van der Waals surface area contributed by atoms with Crippen molar-refractivity contribution in [3.05, 3.63) is 77.1 Å². The fourth-order valence-corrected chi connectivity index (χ4v) is 2.70. The highest BCUT2D eigenvalue weighted by atomic mass is 16.5. The van der Waals surface area contributed by atoms with Crippen LogP contribution in [-0.2, 0) is 0 Å². The van der Waals surface area contributed by atoms with Crippen molar-refractivity contribution >= 4 is 0 Å². The Morgan fingerprint density at radius 1 is 0.727 bits per heavy atom. The number of ether oxygens (including phenoxy) is 1. The lowest BCUT2D eigenvalue weighted by Crippen LogP contribution is -1.98. The molecule has 1 heterocycles. The smallest absolute Gasteiger partial charge is 0.130 e. The SMILES string of the molecule is Cc1cccc(Oc2ccc(-n3c(C)ccc3C)cc2)c1C. The van der Waals surface area contributed by atoms with Gasteiger partial charge in [0.2, 0.25) is 0 Å². The zero-order chi connectivity index (χ0) is 15.7. The minimum atomic E-state index is 0.861. The van der Waals surface area contributed by atoms with E-state index in [4.69, 9.17) is 4.74 Å². The minimum absolute atomic E-state index is 0.861. The molecule has 0 aliphatic carbocycles. The van der Waals surface area contributed by atoms with Gasteiger partial charge >= 0.3 is 0 Å². The van der Waals surface area contributed by atoms with E-state index < -0.39 is 0 Å². The number of rotatable bonds is 3. The first-order valence-electron chi connectivity index (χ1n) is 7.56. The van der Waals surface area contributed by atoms with Crippen molar-refractivity contribution in [3.8, 4) is 17.2 Å². The minimum Gasteiger partial charge on any atom is -0.457 e. The molecule has 0 N–H and O–H groups in total. The van der Waals surface area contributed by atoms with Crippen LogP contribution in [-0.4, -0.2) is 4.57 Å². The van der Waals surface area contributed by atoms with Crippen LogP contribution in [0.5, 0.6) is 11.5 Å². The third kappa shape index (κ3) is 2.64. The van der Waals surface area contributed by atoms with Crippen molar-refractivity contribution in [1.29, 1.82) is 0 Å². The Morgan fingerprint density at radius 3 is 2.00 bits per heavy atom. The number of aryl methyl sites for hydroxylation is 3. The highest BCUT2D eigenvalue weighted by molar-refractivity contribution is 5.45. The van der Waals surface area contributed by atoms with E-state index in [1.165, 1.54) is 22.5 Å². The maximum Gasteiger partial charge on any atom is 0.130 e. The molecule has 2 aromatic carbocycles. The molecule has 0 fully saturated rings. The zero-order valence-electron chi connectivity index (χ0n) is 13.6. The molecule has 0 saturated carbocycles. The van der Waals surface area contributed by atoms with Gasteiger partial charge in [0.25, 0.3) is 0 Å². The topological polar surface area (TPSA) is 14.2 Å². The van der Waals surface area contributed by atoms with Gasteiger partial charge in [0.1, 0.15) is 11.5 Å². The Labute approximate surface area is 132 Å². The molecule has 3 rings (SSSR count). The molecule has 0 spiro atoms. The number of hydrogen-bond acceptors (Lipinski definition) is 1. The summed E-state index contributed by atoms with van der Waals surface area (Å²) in [5.74, 6) is 1.78. The summed E-state index contributed by atoms with van der Waals surface area (Å²) in [6.07, 6.45) is 0. The average molecular weight is 291 g/mol. The van der Waals surface area contributed by atoms with Crippen LogP contribution < -0.4 is 4.74 Å². The summed E-state index contributed by atoms with van der Waals surface area (Å²) in [6.45, 7) is 8.43. The third-order valence-electron chi connectivity index (χ3n) is 4.15. The molecule has 0 atom stereocenters. The molecule has 112 valence electrons. The number of benzene rings is 2. The molecular weight excluding hydrogens is 270 g/mol. The van der Waals surface area contributed by atoms with E-state index in [1.54, 1.807) is 0 Å². The van der Waals surface area contributed by atoms with Gasteiger partial charge in [-0.05, 0) is 81.3 Å². The lowest BCUT2D eigenvalue weighted by molar-refractivity contribution is 0.478. The van der Waals surface area contributed by atoms with Crippen LogP contribution in [0.15, 0.2) is 54.6 Å². The van der Waals surface area contributed by atoms with Gasteiger partial charge in [-0.3, -0.25) is 0 Å². The Balaban J connectivity index is 1.87. The quantitative estimate of drug-likeness (QED) is 0.621. The summed E-state index contributed by atoms with van der Waals surface area (Å²) < 4.78 is 8.25. The molecule has 2 heteroatoms. The normalized spacial score (nSPS) is 10.7. The Hall–Kier alpha value is -2.48. The van der Waals surface area contributed by atoms with E-state index in [-0.39, 0.29) is 0 Å². The molecule has 0 aliphatic heterocycles. The fraction of sp³-hybridized carbons (Fsp3) is 0.200.